The zero-order valence-electron chi connectivity index (χ0n) is 13.6. The summed E-state index contributed by atoms with van der Waals surface area (Å²) in [6.07, 6.45) is 1.33. The van der Waals surface area contributed by atoms with Gasteiger partial charge in [-0.1, -0.05) is 25.1 Å². The van der Waals surface area contributed by atoms with Crippen LogP contribution in [0, 0.1) is 0 Å². The van der Waals surface area contributed by atoms with Crippen LogP contribution in [0.4, 0.5) is 4.79 Å². The highest BCUT2D eigenvalue weighted by Gasteiger charge is 2.37. The van der Waals surface area contributed by atoms with Crippen molar-refractivity contribution in [3.8, 4) is 5.75 Å². The first-order valence-corrected chi connectivity index (χ1v) is 8.20. The van der Waals surface area contributed by atoms with E-state index in [1.54, 1.807) is 4.90 Å². The molecule has 4 amide bonds. The third kappa shape index (κ3) is 3.50. The van der Waals surface area contributed by atoms with Crippen LogP contribution < -0.4 is 15.4 Å². The second-order valence-electron chi connectivity index (χ2n) is 6.06. The summed E-state index contributed by atoms with van der Waals surface area (Å²) in [5, 5.41) is 4.71. The minimum atomic E-state index is -0.652. The van der Waals surface area contributed by atoms with Gasteiger partial charge >= 0.3 is 6.03 Å². The number of para-hydroxylation sites is 1. The van der Waals surface area contributed by atoms with Gasteiger partial charge in [-0.2, -0.15) is 0 Å². The second kappa shape index (κ2) is 6.90. The predicted molar refractivity (Wildman–Crippen MR) is 86.5 cm³/mol. The lowest BCUT2D eigenvalue weighted by atomic mass is 10.1. The zero-order chi connectivity index (χ0) is 17.1. The van der Waals surface area contributed by atoms with Gasteiger partial charge in [-0.3, -0.25) is 14.9 Å². The SMILES string of the molecule is CCc1ccccc1OC1CN(C(=O)C2CCC(=O)NC(=O)N2)C1. The van der Waals surface area contributed by atoms with Crippen molar-refractivity contribution in [2.45, 2.75) is 38.3 Å². The summed E-state index contributed by atoms with van der Waals surface area (Å²) in [5.74, 6) is 0.335. The van der Waals surface area contributed by atoms with E-state index < -0.39 is 12.1 Å². The van der Waals surface area contributed by atoms with Crippen LogP contribution in [0.2, 0.25) is 0 Å². The fraction of sp³-hybridized carbons (Fsp3) is 0.471. The maximum absolute atomic E-state index is 12.4. The van der Waals surface area contributed by atoms with Crippen molar-refractivity contribution < 1.29 is 19.1 Å². The number of imide groups is 1. The number of ether oxygens (including phenoxy) is 1. The van der Waals surface area contributed by atoms with Gasteiger partial charge in [0, 0.05) is 6.42 Å². The maximum Gasteiger partial charge on any atom is 0.322 e. The van der Waals surface area contributed by atoms with Gasteiger partial charge in [0.15, 0.2) is 0 Å². The average molecular weight is 331 g/mol. The summed E-state index contributed by atoms with van der Waals surface area (Å²) in [7, 11) is 0. The standard InChI is InChI=1S/C17H21N3O4/c1-2-11-5-3-4-6-14(11)24-12-9-20(10-12)16(22)13-7-8-15(21)19-17(23)18-13/h3-6,12-13H,2,7-10H2,1H3,(H2,18,19,21,23). The molecule has 2 aliphatic heterocycles. The molecule has 24 heavy (non-hydrogen) atoms. The van der Waals surface area contributed by atoms with Crippen LogP contribution in [0.3, 0.4) is 0 Å². The van der Waals surface area contributed by atoms with Gasteiger partial charge in [0.05, 0.1) is 13.1 Å². The average Bonchev–Trinajstić information content (AvgIpc) is 2.70. The molecule has 7 nitrogen and oxygen atoms in total. The van der Waals surface area contributed by atoms with Crippen molar-refractivity contribution in [2.75, 3.05) is 13.1 Å². The van der Waals surface area contributed by atoms with Crippen LogP contribution in [-0.4, -0.2) is 48.0 Å². The molecule has 3 rings (SSSR count). The topological polar surface area (TPSA) is 87.7 Å². The van der Waals surface area contributed by atoms with E-state index in [9.17, 15) is 14.4 Å². The Hall–Kier alpha value is -2.57. The van der Waals surface area contributed by atoms with Gasteiger partial charge in [-0.15, -0.1) is 0 Å². The number of aryl methyl sites for hydroxylation is 1. The molecular formula is C17H21N3O4. The zero-order valence-corrected chi connectivity index (χ0v) is 13.6. The molecule has 0 bridgehead atoms. The first-order valence-electron chi connectivity index (χ1n) is 8.20. The lowest BCUT2D eigenvalue weighted by Gasteiger charge is -2.40. The fourth-order valence-electron chi connectivity index (χ4n) is 2.92. The Morgan fingerprint density at radius 3 is 2.79 bits per heavy atom. The Morgan fingerprint density at radius 2 is 2.04 bits per heavy atom. The number of likely N-dealkylation sites (tertiary alicyclic amines) is 1. The first-order chi connectivity index (χ1) is 11.6. The van der Waals surface area contributed by atoms with Gasteiger partial charge in [0.2, 0.25) is 11.8 Å². The van der Waals surface area contributed by atoms with Crippen LogP contribution in [0.1, 0.15) is 25.3 Å². The molecule has 1 atom stereocenters. The molecule has 7 heteroatoms. The van der Waals surface area contributed by atoms with E-state index in [1.807, 2.05) is 24.3 Å². The molecule has 0 saturated carbocycles. The highest BCUT2D eigenvalue weighted by molar-refractivity contribution is 5.98. The maximum atomic E-state index is 12.4. The normalized spacial score (nSPS) is 21.4. The van der Waals surface area contributed by atoms with Crippen molar-refractivity contribution in [1.29, 1.82) is 0 Å². The molecule has 0 aliphatic carbocycles. The lowest BCUT2D eigenvalue weighted by molar-refractivity contribution is -0.142. The Balaban J connectivity index is 1.53. The predicted octanol–water partition coefficient (Wildman–Crippen LogP) is 0.827. The molecule has 1 unspecified atom stereocenters. The number of amides is 4. The van der Waals surface area contributed by atoms with Gasteiger partial charge < -0.3 is 15.0 Å². The Labute approximate surface area is 140 Å². The lowest BCUT2D eigenvalue weighted by Crippen LogP contribution is -2.61. The van der Waals surface area contributed by atoms with Crippen LogP contribution in [0.5, 0.6) is 5.75 Å². The number of rotatable bonds is 4. The van der Waals surface area contributed by atoms with Gasteiger partial charge in [-0.05, 0) is 24.5 Å². The number of hydrogen-bond acceptors (Lipinski definition) is 4. The van der Waals surface area contributed by atoms with Crippen molar-refractivity contribution in [3.63, 3.8) is 0 Å². The number of nitrogens with zero attached hydrogens (tertiary/aromatic N) is 1. The summed E-state index contributed by atoms with van der Waals surface area (Å²) in [4.78, 5) is 36.9. The number of hydrogen-bond donors (Lipinski definition) is 2. The Morgan fingerprint density at radius 1 is 1.29 bits per heavy atom. The number of nitrogens with one attached hydrogen (secondary N) is 2. The minimum Gasteiger partial charge on any atom is -0.486 e. The molecule has 2 saturated heterocycles. The van der Waals surface area contributed by atoms with E-state index in [1.165, 1.54) is 0 Å². The molecule has 1 aromatic carbocycles. The third-order valence-electron chi connectivity index (χ3n) is 4.32. The number of benzene rings is 1. The van der Waals surface area contributed by atoms with E-state index in [4.69, 9.17) is 4.74 Å². The first kappa shape index (κ1) is 16.3. The number of urea groups is 1. The van der Waals surface area contributed by atoms with E-state index in [0.29, 0.717) is 19.5 Å². The smallest absolute Gasteiger partial charge is 0.322 e. The van der Waals surface area contributed by atoms with Crippen LogP contribution in [-0.2, 0) is 16.0 Å². The molecule has 2 fully saturated rings. The minimum absolute atomic E-state index is 0.0390. The quantitative estimate of drug-likeness (QED) is 0.855. The third-order valence-corrected chi connectivity index (χ3v) is 4.32. The molecule has 1 aromatic rings. The molecule has 0 spiro atoms. The molecule has 2 heterocycles. The molecule has 0 aromatic heterocycles. The number of carbonyl (C=O) groups excluding carboxylic acids is 3. The highest BCUT2D eigenvalue weighted by atomic mass is 16.5. The highest BCUT2D eigenvalue weighted by Crippen LogP contribution is 2.23. The Bertz CT molecular complexity index is 655. The summed E-state index contributed by atoms with van der Waals surface area (Å²) in [6.45, 7) is 3.05. The van der Waals surface area contributed by atoms with E-state index in [2.05, 4.69) is 17.6 Å². The van der Waals surface area contributed by atoms with Crippen molar-refractivity contribution in [2.24, 2.45) is 0 Å². The molecule has 2 N–H and O–H groups in total. The molecule has 128 valence electrons. The molecular weight excluding hydrogens is 310 g/mol. The monoisotopic (exact) mass is 331 g/mol. The van der Waals surface area contributed by atoms with Crippen molar-refractivity contribution in [3.05, 3.63) is 29.8 Å². The largest absolute Gasteiger partial charge is 0.486 e. The van der Waals surface area contributed by atoms with Gasteiger partial charge in [0.25, 0.3) is 0 Å². The van der Waals surface area contributed by atoms with Crippen molar-refractivity contribution >= 4 is 17.8 Å². The summed E-state index contributed by atoms with van der Waals surface area (Å²) < 4.78 is 5.96. The summed E-state index contributed by atoms with van der Waals surface area (Å²) in [6, 6.07) is 6.61. The fourth-order valence-corrected chi connectivity index (χ4v) is 2.92. The van der Waals surface area contributed by atoms with Crippen LogP contribution in [0.15, 0.2) is 24.3 Å². The summed E-state index contributed by atoms with van der Waals surface area (Å²) in [5.41, 5.74) is 1.14. The van der Waals surface area contributed by atoms with E-state index in [0.717, 1.165) is 17.7 Å². The van der Waals surface area contributed by atoms with Gasteiger partial charge in [0.1, 0.15) is 17.9 Å². The van der Waals surface area contributed by atoms with E-state index in [-0.39, 0.29) is 24.3 Å². The van der Waals surface area contributed by atoms with Crippen molar-refractivity contribution in [1.82, 2.24) is 15.5 Å². The summed E-state index contributed by atoms with van der Waals surface area (Å²) >= 11 is 0. The van der Waals surface area contributed by atoms with Crippen LogP contribution >= 0.6 is 0 Å². The second-order valence-corrected chi connectivity index (χ2v) is 6.06. The number of carbonyl (C=O) groups is 3. The molecule has 2 aliphatic rings. The Kier molecular flexibility index (Phi) is 4.69. The van der Waals surface area contributed by atoms with Crippen LogP contribution in [0.25, 0.3) is 0 Å². The van der Waals surface area contributed by atoms with E-state index >= 15 is 0 Å². The molecule has 0 radical (unpaired) electrons. The van der Waals surface area contributed by atoms with Gasteiger partial charge in [-0.25, -0.2) is 4.79 Å².